The van der Waals surface area contributed by atoms with Gasteiger partial charge in [0, 0.05) is 48.3 Å². The molecule has 0 aromatic heterocycles. The van der Waals surface area contributed by atoms with Crippen molar-refractivity contribution in [1.29, 1.82) is 0 Å². The molecular formula is C37H46NO12-. The molecule has 0 fully saturated rings. The van der Waals surface area contributed by atoms with Gasteiger partial charge in [-0.05, 0) is 37.3 Å². The van der Waals surface area contributed by atoms with Crippen LogP contribution in [0.4, 0.5) is 5.69 Å². The molecule has 13 nitrogen and oxygen atoms in total. The summed E-state index contributed by atoms with van der Waals surface area (Å²) in [6.45, 7) is 11.0. The molecule has 3 aliphatic heterocycles. The van der Waals surface area contributed by atoms with E-state index < -0.39 is 88.6 Å². The number of aliphatic hydroxyl groups excluding tert-OH is 2. The highest BCUT2D eigenvalue weighted by Crippen LogP contribution is 2.53. The van der Waals surface area contributed by atoms with Gasteiger partial charge < -0.3 is 49.8 Å². The number of carbonyl (C=O) groups is 3. The van der Waals surface area contributed by atoms with Gasteiger partial charge in [-0.15, -0.1) is 0 Å². The van der Waals surface area contributed by atoms with Crippen LogP contribution in [0.5, 0.6) is 23.0 Å². The molecule has 0 radical (unpaired) electrons. The summed E-state index contributed by atoms with van der Waals surface area (Å²) in [6, 6.07) is 1.03. The highest BCUT2D eigenvalue weighted by Gasteiger charge is 2.49. The van der Waals surface area contributed by atoms with E-state index in [1.54, 1.807) is 39.8 Å². The largest absolute Gasteiger partial charge is 0.872 e. The minimum Gasteiger partial charge on any atom is -0.872 e. The molecule has 272 valence electrons. The third kappa shape index (κ3) is 6.77. The number of aliphatic hydroxyl groups is 2. The van der Waals surface area contributed by atoms with E-state index in [1.807, 2.05) is 0 Å². The van der Waals surface area contributed by atoms with Gasteiger partial charge in [0.1, 0.15) is 17.2 Å². The van der Waals surface area contributed by atoms with Crippen LogP contribution in [0, 0.1) is 36.5 Å². The molecule has 5 bridgehead atoms. The third-order valence-electron chi connectivity index (χ3n) is 10.1. The normalized spacial score (nSPS) is 33.2. The highest BCUT2D eigenvalue weighted by molar-refractivity contribution is 6.21. The summed E-state index contributed by atoms with van der Waals surface area (Å²) in [4.78, 5) is 40.1. The van der Waals surface area contributed by atoms with E-state index in [2.05, 4.69) is 5.32 Å². The second-order valence-corrected chi connectivity index (χ2v) is 13.4. The standard InChI is InChI=1S/C37H47NO12/c1-16-11-10-12-17(2)35(45)38-22-15-23(39)26-27(32(22)43)31(42)21(6)33-28(26)34(44)37(7,50-33)49-14-13-24(47-8)18(3)25(36(46)48-9)19(4)30(41)20(5)29(16)40/h10-16,18-20,24-25,29-30,39-43H,1-9H3,(H,38,45)/p-1/b11-10+,14-13+,17-12-/t16-,18+,19-,20-,24+,25+,29-,30-,37+/m1/s1. The molecular weight excluding hydrogens is 650 g/mol. The molecule has 5 N–H and O–H groups in total. The number of anilines is 1. The molecule has 0 aliphatic carbocycles. The Balaban J connectivity index is 1.88. The number of phenolic OH excluding ortho intramolecular Hbond substituents is 2. The number of carbonyl (C=O) groups excluding carboxylic acids is 3. The number of hydrogen-bond donors (Lipinski definition) is 5. The van der Waals surface area contributed by atoms with Crippen LogP contribution in [-0.2, 0) is 23.8 Å². The molecule has 50 heavy (non-hydrogen) atoms. The second-order valence-electron chi connectivity index (χ2n) is 13.4. The van der Waals surface area contributed by atoms with Crippen molar-refractivity contribution in [3.63, 3.8) is 0 Å². The number of ketones is 1. The SMILES string of the molecule is COC(=O)[C@H]1[C@@H](C)[C@@H](OC)/C=C/O[C@@]2(C)Oc3c(C)c([O-])c4c(O)c(cc(O)c4c3C2=O)NC(=O)/C(C)=C\C=C\[C@@H](C)[C@@H](O)[C@@H](C)[C@H](O)[C@@H]1C. The molecule has 0 saturated carbocycles. The maximum atomic E-state index is 13.9. The van der Waals surface area contributed by atoms with Crippen molar-refractivity contribution in [3.8, 4) is 23.0 Å². The van der Waals surface area contributed by atoms with Gasteiger partial charge in [0.15, 0.2) is 0 Å². The van der Waals surface area contributed by atoms with E-state index in [9.17, 15) is 39.9 Å². The lowest BCUT2D eigenvalue weighted by atomic mass is 9.73. The van der Waals surface area contributed by atoms with Crippen molar-refractivity contribution in [3.05, 3.63) is 53.3 Å². The fourth-order valence-electron chi connectivity index (χ4n) is 6.83. The number of allylic oxidation sites excluding steroid dienone is 2. The second kappa shape index (κ2) is 14.7. The molecule has 0 spiro atoms. The average Bonchev–Trinajstić information content (AvgIpc) is 3.34. The fourth-order valence-corrected chi connectivity index (χ4v) is 6.83. The Morgan fingerprint density at radius 2 is 1.64 bits per heavy atom. The number of Topliss-reactive ketones (excluding diaryl/α,β-unsaturated/α-hetero) is 1. The van der Waals surface area contributed by atoms with Crippen molar-refractivity contribution in [2.24, 2.45) is 29.6 Å². The summed E-state index contributed by atoms with van der Waals surface area (Å²) in [5, 5.41) is 60.3. The van der Waals surface area contributed by atoms with E-state index in [0.29, 0.717) is 0 Å². The van der Waals surface area contributed by atoms with Crippen LogP contribution < -0.4 is 15.2 Å². The zero-order valence-corrected chi connectivity index (χ0v) is 29.6. The van der Waals surface area contributed by atoms with Crippen molar-refractivity contribution in [2.45, 2.75) is 72.6 Å². The van der Waals surface area contributed by atoms with Gasteiger partial charge >= 0.3 is 11.8 Å². The predicted octanol–water partition coefficient (Wildman–Crippen LogP) is 3.98. The Labute approximate surface area is 290 Å². The van der Waals surface area contributed by atoms with Crippen LogP contribution in [-0.4, -0.2) is 76.4 Å². The molecule has 3 heterocycles. The van der Waals surface area contributed by atoms with Crippen LogP contribution in [0.1, 0.15) is 57.5 Å². The number of hydrogen-bond acceptors (Lipinski definition) is 12. The third-order valence-corrected chi connectivity index (χ3v) is 10.1. The smallest absolute Gasteiger partial charge is 0.312 e. The first kappa shape index (κ1) is 38.2. The fraction of sp³-hybridized carbons (Fsp3) is 0.486. The quantitative estimate of drug-likeness (QED) is 0.172. The van der Waals surface area contributed by atoms with Crippen LogP contribution in [0.25, 0.3) is 10.8 Å². The number of aromatic hydroxyl groups is 2. The molecule has 5 rings (SSSR count). The number of esters is 1. The summed E-state index contributed by atoms with van der Waals surface area (Å²) < 4.78 is 22.5. The Kier molecular flexibility index (Phi) is 11.2. The first-order valence-electron chi connectivity index (χ1n) is 16.3. The van der Waals surface area contributed by atoms with Crippen molar-refractivity contribution >= 4 is 34.1 Å². The topological polar surface area (TPSA) is 204 Å². The zero-order chi connectivity index (χ0) is 37.4. The van der Waals surface area contributed by atoms with E-state index >= 15 is 0 Å². The maximum Gasteiger partial charge on any atom is 0.312 e. The Bertz CT molecular complexity index is 1760. The van der Waals surface area contributed by atoms with Gasteiger partial charge in [0.05, 0.1) is 48.9 Å². The highest BCUT2D eigenvalue weighted by atomic mass is 16.7. The van der Waals surface area contributed by atoms with Gasteiger partial charge in [-0.1, -0.05) is 51.7 Å². The Morgan fingerprint density at radius 1 is 0.980 bits per heavy atom. The predicted molar refractivity (Wildman–Crippen MR) is 182 cm³/mol. The number of phenols is 2. The molecule has 3 aliphatic rings. The number of amides is 1. The average molecular weight is 697 g/mol. The maximum absolute atomic E-state index is 13.9. The minimum absolute atomic E-state index is 0.0375. The van der Waals surface area contributed by atoms with Crippen LogP contribution in [0.15, 0.2) is 42.2 Å². The summed E-state index contributed by atoms with van der Waals surface area (Å²) in [5.41, 5.74) is -0.311. The molecule has 2 aromatic carbocycles. The Hall–Kier alpha value is -4.59. The molecule has 1 amide bonds. The van der Waals surface area contributed by atoms with Gasteiger partial charge in [-0.25, -0.2) is 0 Å². The van der Waals surface area contributed by atoms with Crippen LogP contribution >= 0.6 is 0 Å². The summed E-state index contributed by atoms with van der Waals surface area (Å²) in [6.07, 6.45) is 4.31. The number of nitrogens with one attached hydrogen (secondary N) is 1. The van der Waals surface area contributed by atoms with Gasteiger partial charge in [-0.2, -0.15) is 0 Å². The van der Waals surface area contributed by atoms with Crippen LogP contribution in [0.2, 0.25) is 0 Å². The zero-order valence-electron chi connectivity index (χ0n) is 29.6. The summed E-state index contributed by atoms with van der Waals surface area (Å²) in [5.74, 6) is -9.57. The first-order chi connectivity index (χ1) is 23.4. The van der Waals surface area contributed by atoms with Gasteiger partial charge in [0.2, 0.25) is 0 Å². The van der Waals surface area contributed by atoms with E-state index in [4.69, 9.17) is 18.9 Å². The summed E-state index contributed by atoms with van der Waals surface area (Å²) >= 11 is 0. The lowest BCUT2D eigenvalue weighted by molar-refractivity contribution is -0.266. The van der Waals surface area contributed by atoms with Crippen molar-refractivity contribution in [2.75, 3.05) is 19.5 Å². The van der Waals surface area contributed by atoms with E-state index in [1.165, 1.54) is 53.4 Å². The van der Waals surface area contributed by atoms with Crippen molar-refractivity contribution < 1.29 is 58.9 Å². The summed E-state index contributed by atoms with van der Waals surface area (Å²) in [7, 11) is 2.65. The lowest BCUT2D eigenvalue weighted by Gasteiger charge is -2.37. The number of fused-ring (bicyclic) bond motifs is 14. The first-order valence-corrected chi connectivity index (χ1v) is 16.3. The number of benzene rings is 2. The monoisotopic (exact) mass is 696 g/mol. The van der Waals surface area contributed by atoms with Crippen LogP contribution in [0.3, 0.4) is 0 Å². The Morgan fingerprint density at radius 3 is 2.26 bits per heavy atom. The van der Waals surface area contributed by atoms with Crippen molar-refractivity contribution in [1.82, 2.24) is 0 Å². The van der Waals surface area contributed by atoms with E-state index in [-0.39, 0.29) is 38.9 Å². The van der Waals surface area contributed by atoms with E-state index in [0.717, 1.165) is 6.07 Å². The molecule has 0 saturated heterocycles. The lowest BCUT2D eigenvalue weighted by Crippen LogP contribution is -2.45. The number of methoxy groups -OCH3 is 2. The minimum atomic E-state index is -2.02. The number of rotatable bonds is 2. The van der Waals surface area contributed by atoms with Gasteiger partial charge in [0.25, 0.3) is 11.7 Å². The molecule has 9 atom stereocenters. The van der Waals surface area contributed by atoms with Gasteiger partial charge in [-0.3, -0.25) is 14.4 Å². The molecule has 2 aromatic rings. The molecule has 0 unspecified atom stereocenters. The number of ether oxygens (including phenoxy) is 4. The molecule has 13 heteroatoms.